The molecule has 0 heterocycles. The lowest BCUT2D eigenvalue weighted by molar-refractivity contribution is 0.384. The summed E-state index contributed by atoms with van der Waals surface area (Å²) >= 11 is 0. The van der Waals surface area contributed by atoms with E-state index in [1.54, 1.807) is 0 Å². The quantitative estimate of drug-likeness (QED) is 0.470. The first kappa shape index (κ1) is 7.18. The minimum absolute atomic E-state index is 0.939. The Morgan fingerprint density at radius 3 is 2.56 bits per heavy atom. The van der Waals surface area contributed by atoms with Crippen LogP contribution in [-0.4, -0.2) is 7.28 Å². The number of hydrogen-bond donors (Lipinski definition) is 0. The summed E-state index contributed by atoms with van der Waals surface area (Å²) in [4.78, 5) is 0. The van der Waals surface area contributed by atoms with E-state index in [-0.39, 0.29) is 0 Å². The molecule has 1 aliphatic rings. The molecule has 1 radical (unpaired) electrons. The molecule has 2 atom stereocenters. The van der Waals surface area contributed by atoms with E-state index in [0.29, 0.717) is 0 Å². The first-order valence-corrected chi connectivity index (χ1v) is 4.12. The van der Waals surface area contributed by atoms with Gasteiger partial charge in [0, 0.05) is 0 Å². The van der Waals surface area contributed by atoms with Gasteiger partial charge in [0.25, 0.3) is 0 Å². The van der Waals surface area contributed by atoms with Gasteiger partial charge in [-0.2, -0.15) is 0 Å². The predicted molar refractivity (Wildman–Crippen MR) is 43.0 cm³/mol. The molecule has 0 aliphatic heterocycles. The van der Waals surface area contributed by atoms with Crippen molar-refractivity contribution in [3.05, 3.63) is 0 Å². The molecule has 0 aromatic carbocycles. The molecule has 0 bridgehead atoms. The first-order valence-electron chi connectivity index (χ1n) is 4.12. The Balaban J connectivity index is 2.23. The van der Waals surface area contributed by atoms with Gasteiger partial charge in [0.2, 0.25) is 0 Å². The summed E-state index contributed by atoms with van der Waals surface area (Å²) in [5.74, 6) is 1.92. The van der Waals surface area contributed by atoms with Crippen LogP contribution in [0.4, 0.5) is 0 Å². The largest absolute Gasteiger partial charge is 0.110 e. The minimum Gasteiger partial charge on any atom is -0.0917 e. The Bertz CT molecular complexity index is 80.6. The van der Waals surface area contributed by atoms with Gasteiger partial charge in [0.1, 0.15) is 7.28 Å². The van der Waals surface area contributed by atoms with Gasteiger partial charge in [0.05, 0.1) is 0 Å². The highest BCUT2D eigenvalue weighted by Gasteiger charge is 2.16. The van der Waals surface area contributed by atoms with Crippen molar-refractivity contribution in [3.8, 4) is 0 Å². The molecule has 0 nitrogen and oxygen atoms in total. The monoisotopic (exact) mass is 123 g/mol. The molecule has 0 amide bonds. The maximum absolute atomic E-state index is 2.37. The van der Waals surface area contributed by atoms with Crippen molar-refractivity contribution in [2.75, 3.05) is 0 Å². The van der Waals surface area contributed by atoms with Crippen LogP contribution in [0.5, 0.6) is 0 Å². The third-order valence-electron chi connectivity index (χ3n) is 2.45. The zero-order chi connectivity index (χ0) is 6.69. The van der Waals surface area contributed by atoms with Crippen LogP contribution in [0.2, 0.25) is 12.6 Å². The third kappa shape index (κ3) is 2.04. The SMILES string of the molecule is C[B]C1CCCC(C)C1. The van der Waals surface area contributed by atoms with Gasteiger partial charge in [-0.25, -0.2) is 0 Å². The van der Waals surface area contributed by atoms with E-state index >= 15 is 0 Å². The van der Waals surface area contributed by atoms with Crippen molar-refractivity contribution in [1.29, 1.82) is 0 Å². The van der Waals surface area contributed by atoms with Crippen molar-refractivity contribution in [1.82, 2.24) is 0 Å². The van der Waals surface area contributed by atoms with Gasteiger partial charge in [-0.1, -0.05) is 45.2 Å². The summed E-state index contributed by atoms with van der Waals surface area (Å²) in [6.45, 7) is 4.57. The van der Waals surface area contributed by atoms with E-state index in [1.165, 1.54) is 25.7 Å². The van der Waals surface area contributed by atoms with E-state index < -0.39 is 0 Å². The maximum Gasteiger partial charge on any atom is 0.110 e. The molecule has 1 heteroatoms. The average molecular weight is 123 g/mol. The molecule has 0 aromatic rings. The highest BCUT2D eigenvalue weighted by atomic mass is 14.2. The van der Waals surface area contributed by atoms with Crippen molar-refractivity contribution >= 4 is 7.28 Å². The second kappa shape index (κ2) is 3.29. The zero-order valence-electron chi connectivity index (χ0n) is 6.56. The van der Waals surface area contributed by atoms with E-state index in [2.05, 4.69) is 21.0 Å². The fourth-order valence-electron chi connectivity index (χ4n) is 1.78. The Morgan fingerprint density at radius 2 is 2.11 bits per heavy atom. The van der Waals surface area contributed by atoms with Crippen LogP contribution in [0.25, 0.3) is 0 Å². The molecule has 1 saturated carbocycles. The van der Waals surface area contributed by atoms with Crippen LogP contribution in [-0.2, 0) is 0 Å². The molecule has 1 aliphatic carbocycles. The molecule has 2 unspecified atom stereocenters. The standard InChI is InChI=1S/C8H16B/c1-7-4-3-5-8(6-7)9-2/h7-8H,3-6H2,1-2H3. The molecule has 0 spiro atoms. The van der Waals surface area contributed by atoms with Crippen LogP contribution in [0.3, 0.4) is 0 Å². The fourth-order valence-corrected chi connectivity index (χ4v) is 1.78. The molecule has 0 N–H and O–H groups in total. The van der Waals surface area contributed by atoms with Gasteiger partial charge >= 0.3 is 0 Å². The normalized spacial score (nSPS) is 36.2. The molecule has 0 saturated heterocycles. The van der Waals surface area contributed by atoms with E-state index in [1.807, 2.05) is 0 Å². The lowest BCUT2D eigenvalue weighted by Gasteiger charge is -2.24. The highest BCUT2D eigenvalue weighted by Crippen LogP contribution is 2.31. The Hall–Kier alpha value is 0.0649. The summed E-state index contributed by atoms with van der Waals surface area (Å²) < 4.78 is 0. The van der Waals surface area contributed by atoms with Crippen molar-refractivity contribution < 1.29 is 0 Å². The number of rotatable bonds is 1. The lowest BCUT2D eigenvalue weighted by Crippen LogP contribution is -2.11. The van der Waals surface area contributed by atoms with Crippen LogP contribution < -0.4 is 0 Å². The van der Waals surface area contributed by atoms with E-state index in [9.17, 15) is 0 Å². The second-order valence-electron chi connectivity index (χ2n) is 3.37. The van der Waals surface area contributed by atoms with Gasteiger partial charge in [-0.05, 0) is 5.92 Å². The van der Waals surface area contributed by atoms with Crippen molar-refractivity contribution in [2.24, 2.45) is 5.92 Å². The highest BCUT2D eigenvalue weighted by molar-refractivity contribution is 6.35. The van der Waals surface area contributed by atoms with Crippen molar-refractivity contribution in [2.45, 2.75) is 45.2 Å². The van der Waals surface area contributed by atoms with Crippen LogP contribution in [0.15, 0.2) is 0 Å². The molecule has 1 rings (SSSR count). The summed E-state index contributed by atoms with van der Waals surface area (Å²) in [5.41, 5.74) is 0. The Labute approximate surface area is 59.3 Å². The fraction of sp³-hybridized carbons (Fsp3) is 1.00. The smallest absolute Gasteiger partial charge is 0.0917 e. The van der Waals surface area contributed by atoms with Gasteiger partial charge in [0.15, 0.2) is 0 Å². The molecule has 1 fully saturated rings. The first-order chi connectivity index (χ1) is 4.33. The van der Waals surface area contributed by atoms with Gasteiger partial charge in [-0.3, -0.25) is 0 Å². The lowest BCUT2D eigenvalue weighted by atomic mass is 9.59. The average Bonchev–Trinajstić information content (AvgIpc) is 1.88. The van der Waals surface area contributed by atoms with Crippen LogP contribution >= 0.6 is 0 Å². The van der Waals surface area contributed by atoms with Gasteiger partial charge < -0.3 is 0 Å². The maximum atomic E-state index is 2.37. The van der Waals surface area contributed by atoms with E-state index in [0.717, 1.165) is 11.7 Å². The topological polar surface area (TPSA) is 0 Å². The third-order valence-corrected chi connectivity index (χ3v) is 2.45. The summed E-state index contributed by atoms with van der Waals surface area (Å²) in [7, 11) is 2.37. The number of hydrogen-bond acceptors (Lipinski definition) is 0. The van der Waals surface area contributed by atoms with Crippen LogP contribution in [0.1, 0.15) is 32.6 Å². The molecule has 0 aromatic heterocycles. The molecular weight excluding hydrogens is 107 g/mol. The van der Waals surface area contributed by atoms with Crippen molar-refractivity contribution in [3.63, 3.8) is 0 Å². The Morgan fingerprint density at radius 1 is 1.33 bits per heavy atom. The second-order valence-corrected chi connectivity index (χ2v) is 3.37. The van der Waals surface area contributed by atoms with E-state index in [4.69, 9.17) is 0 Å². The summed E-state index contributed by atoms with van der Waals surface area (Å²) in [5, 5.41) is 0. The minimum atomic E-state index is 0.939. The molecular formula is C8H16B. The van der Waals surface area contributed by atoms with Crippen LogP contribution in [0, 0.1) is 5.92 Å². The molecule has 51 valence electrons. The summed E-state index contributed by atoms with van der Waals surface area (Å²) in [6.07, 6.45) is 5.80. The predicted octanol–water partition coefficient (Wildman–Crippen LogP) is 2.74. The molecule has 9 heavy (non-hydrogen) atoms. The van der Waals surface area contributed by atoms with Gasteiger partial charge in [-0.15, -0.1) is 0 Å². The summed E-state index contributed by atoms with van der Waals surface area (Å²) in [6, 6.07) is 0. The Kier molecular flexibility index (Phi) is 2.62. The zero-order valence-corrected chi connectivity index (χ0v) is 6.56.